The molecule has 0 saturated carbocycles. The zero-order valence-corrected chi connectivity index (χ0v) is 15.4. The monoisotopic (exact) mass is 448 g/mol. The van der Waals surface area contributed by atoms with Crippen LogP contribution >= 0.6 is 43.2 Å². The predicted octanol–water partition coefficient (Wildman–Crippen LogP) is 4.17. The molecule has 2 aromatic heterocycles. The highest BCUT2D eigenvalue weighted by Gasteiger charge is 2.39. The average molecular weight is 450 g/mol. The maximum absolute atomic E-state index is 5.65. The summed E-state index contributed by atoms with van der Waals surface area (Å²) in [6.45, 7) is 3.62. The summed E-state index contributed by atoms with van der Waals surface area (Å²) in [7, 11) is 0. The molecule has 5 nitrogen and oxygen atoms in total. The number of ether oxygens (including phenoxy) is 1. The molecule has 2 unspecified atom stereocenters. The van der Waals surface area contributed by atoms with E-state index in [1.807, 2.05) is 11.5 Å². The fourth-order valence-electron chi connectivity index (χ4n) is 3.09. The SMILES string of the molecule is C.Cc1nc(Br)n(-c2csc(N3C4CCC3COC4)n2)c1Br. The van der Waals surface area contributed by atoms with Crippen molar-refractivity contribution in [3.8, 4) is 5.82 Å². The van der Waals surface area contributed by atoms with Crippen molar-refractivity contribution in [1.82, 2.24) is 14.5 Å². The Hall–Kier alpha value is -0.440. The summed E-state index contributed by atoms with van der Waals surface area (Å²) < 4.78 is 9.34. The molecule has 0 N–H and O–H groups in total. The number of aryl methyl sites for hydroxylation is 1. The molecule has 4 heterocycles. The van der Waals surface area contributed by atoms with Gasteiger partial charge in [0.05, 0.1) is 31.0 Å². The van der Waals surface area contributed by atoms with Gasteiger partial charge in [0, 0.05) is 5.38 Å². The van der Waals surface area contributed by atoms with Crippen LogP contribution in [-0.4, -0.2) is 39.8 Å². The summed E-state index contributed by atoms with van der Waals surface area (Å²) in [5, 5.41) is 3.17. The summed E-state index contributed by atoms with van der Waals surface area (Å²) in [6.07, 6.45) is 2.41. The summed E-state index contributed by atoms with van der Waals surface area (Å²) in [5.74, 6) is 0.903. The fraction of sp³-hybridized carbons (Fsp3) is 0.571. The van der Waals surface area contributed by atoms with Crippen molar-refractivity contribution in [2.45, 2.75) is 39.3 Å². The van der Waals surface area contributed by atoms with Gasteiger partial charge >= 0.3 is 0 Å². The second-order valence-electron chi connectivity index (χ2n) is 5.41. The second kappa shape index (κ2) is 6.22. The molecule has 2 aliphatic rings. The van der Waals surface area contributed by atoms with Crippen molar-refractivity contribution in [2.24, 2.45) is 0 Å². The number of halogens is 2. The zero-order chi connectivity index (χ0) is 14.6. The highest BCUT2D eigenvalue weighted by atomic mass is 79.9. The van der Waals surface area contributed by atoms with Crippen molar-refractivity contribution in [1.29, 1.82) is 0 Å². The van der Waals surface area contributed by atoms with Crippen molar-refractivity contribution >= 4 is 48.3 Å². The first-order valence-electron chi connectivity index (χ1n) is 6.87. The molecule has 8 heteroatoms. The molecule has 2 saturated heterocycles. The highest BCUT2D eigenvalue weighted by Crippen LogP contribution is 2.37. The topological polar surface area (TPSA) is 43.2 Å². The molecule has 120 valence electrons. The maximum atomic E-state index is 5.65. The number of anilines is 1. The van der Waals surface area contributed by atoms with E-state index in [1.54, 1.807) is 11.3 Å². The number of fused-ring (bicyclic) bond motifs is 2. The van der Waals surface area contributed by atoms with Gasteiger partial charge in [0.2, 0.25) is 0 Å². The van der Waals surface area contributed by atoms with Crippen molar-refractivity contribution < 1.29 is 4.74 Å². The Morgan fingerprint density at radius 3 is 2.50 bits per heavy atom. The van der Waals surface area contributed by atoms with Crippen LogP contribution in [0, 0.1) is 6.92 Å². The minimum Gasteiger partial charge on any atom is -0.377 e. The maximum Gasteiger partial charge on any atom is 0.188 e. The van der Waals surface area contributed by atoms with Gasteiger partial charge in [0.1, 0.15) is 4.60 Å². The number of thiazole rings is 1. The van der Waals surface area contributed by atoms with E-state index in [9.17, 15) is 0 Å². The predicted molar refractivity (Wildman–Crippen MR) is 96.2 cm³/mol. The van der Waals surface area contributed by atoms with E-state index in [0.717, 1.165) is 39.2 Å². The van der Waals surface area contributed by atoms with Gasteiger partial charge in [-0.05, 0) is 51.6 Å². The molecule has 0 radical (unpaired) electrons. The van der Waals surface area contributed by atoms with Gasteiger partial charge in [-0.3, -0.25) is 4.57 Å². The van der Waals surface area contributed by atoms with Crippen LogP contribution in [0.4, 0.5) is 5.13 Å². The van der Waals surface area contributed by atoms with Crippen molar-refractivity contribution in [2.75, 3.05) is 18.1 Å². The Morgan fingerprint density at radius 2 is 1.91 bits per heavy atom. The molecule has 0 aliphatic carbocycles. The van der Waals surface area contributed by atoms with E-state index in [2.05, 4.69) is 47.1 Å². The average Bonchev–Trinajstić information content (AvgIpc) is 3.07. The van der Waals surface area contributed by atoms with Gasteiger partial charge in [-0.25, -0.2) is 9.97 Å². The lowest BCUT2D eigenvalue weighted by Gasteiger charge is -2.34. The first-order valence-corrected chi connectivity index (χ1v) is 9.34. The fourth-order valence-corrected chi connectivity index (χ4v) is 5.33. The van der Waals surface area contributed by atoms with Crippen LogP contribution in [0.25, 0.3) is 5.82 Å². The van der Waals surface area contributed by atoms with E-state index in [0.29, 0.717) is 12.1 Å². The van der Waals surface area contributed by atoms with E-state index in [-0.39, 0.29) is 7.43 Å². The number of nitrogens with zero attached hydrogens (tertiary/aromatic N) is 4. The smallest absolute Gasteiger partial charge is 0.188 e. The van der Waals surface area contributed by atoms with Crippen LogP contribution in [0.5, 0.6) is 0 Å². The summed E-state index contributed by atoms with van der Waals surface area (Å²) in [5.41, 5.74) is 0.947. The number of aromatic nitrogens is 3. The van der Waals surface area contributed by atoms with E-state index < -0.39 is 0 Å². The molecule has 0 spiro atoms. The molecule has 2 aromatic rings. The number of imidazole rings is 1. The Kier molecular flexibility index (Phi) is 4.64. The minimum absolute atomic E-state index is 0. The number of hydrogen-bond donors (Lipinski definition) is 0. The molecule has 22 heavy (non-hydrogen) atoms. The number of rotatable bonds is 2. The third-order valence-electron chi connectivity index (χ3n) is 4.11. The molecule has 0 aromatic carbocycles. The largest absolute Gasteiger partial charge is 0.377 e. The Bertz CT molecular complexity index is 670. The van der Waals surface area contributed by atoms with E-state index >= 15 is 0 Å². The normalized spacial score (nSPS) is 23.7. The quantitative estimate of drug-likeness (QED) is 0.690. The number of morpholine rings is 1. The molecule has 0 amide bonds. The Balaban J connectivity index is 0.00000144. The first-order chi connectivity index (χ1) is 10.1. The first kappa shape index (κ1) is 16.4. The molecule has 4 rings (SSSR count). The van der Waals surface area contributed by atoms with Gasteiger partial charge in [-0.15, -0.1) is 11.3 Å². The van der Waals surface area contributed by atoms with Gasteiger partial charge in [0.15, 0.2) is 15.7 Å². The molecular formula is C14H18Br2N4OS. The third-order valence-corrected chi connectivity index (χ3v) is 6.41. The van der Waals surface area contributed by atoms with Crippen molar-refractivity contribution in [3.05, 3.63) is 20.4 Å². The van der Waals surface area contributed by atoms with Gasteiger partial charge in [0.25, 0.3) is 0 Å². The van der Waals surface area contributed by atoms with Gasteiger partial charge in [-0.2, -0.15) is 0 Å². The summed E-state index contributed by atoms with van der Waals surface area (Å²) in [6, 6.07) is 0.971. The zero-order valence-electron chi connectivity index (χ0n) is 11.4. The Labute approximate surface area is 151 Å². The summed E-state index contributed by atoms with van der Waals surface area (Å²) >= 11 is 8.77. The lowest BCUT2D eigenvalue weighted by Crippen LogP contribution is -2.45. The molecule has 2 bridgehead atoms. The van der Waals surface area contributed by atoms with Gasteiger partial charge in [-0.1, -0.05) is 7.43 Å². The van der Waals surface area contributed by atoms with Crippen LogP contribution in [0.3, 0.4) is 0 Å². The minimum atomic E-state index is 0. The van der Waals surface area contributed by atoms with Gasteiger partial charge < -0.3 is 9.64 Å². The third kappa shape index (κ3) is 2.53. The van der Waals surface area contributed by atoms with Crippen LogP contribution in [-0.2, 0) is 4.74 Å². The second-order valence-corrected chi connectivity index (χ2v) is 7.71. The lowest BCUT2D eigenvalue weighted by molar-refractivity contribution is 0.0906. The number of hydrogen-bond acceptors (Lipinski definition) is 5. The Morgan fingerprint density at radius 1 is 1.23 bits per heavy atom. The lowest BCUT2D eigenvalue weighted by atomic mass is 10.2. The molecule has 2 atom stereocenters. The van der Waals surface area contributed by atoms with Crippen LogP contribution in [0.15, 0.2) is 14.7 Å². The van der Waals surface area contributed by atoms with E-state index in [4.69, 9.17) is 9.72 Å². The van der Waals surface area contributed by atoms with Crippen LogP contribution in [0.2, 0.25) is 0 Å². The summed E-state index contributed by atoms with van der Waals surface area (Å²) in [4.78, 5) is 11.7. The standard InChI is InChI=1S/C13H14Br2N4OS.CH4/c1-7-11(14)19(12(15)16-7)10-6-21-13(17-10)18-8-2-3-9(18)5-20-4-8;/h6,8-9H,2-5H2,1H3;1H4. The molecular weight excluding hydrogens is 432 g/mol. The molecule has 2 fully saturated rings. The van der Waals surface area contributed by atoms with E-state index in [1.165, 1.54) is 12.8 Å². The van der Waals surface area contributed by atoms with Crippen molar-refractivity contribution in [3.63, 3.8) is 0 Å². The van der Waals surface area contributed by atoms with Crippen LogP contribution < -0.4 is 4.90 Å². The highest BCUT2D eigenvalue weighted by molar-refractivity contribution is 9.11. The van der Waals surface area contributed by atoms with Crippen LogP contribution in [0.1, 0.15) is 26.0 Å². The molecule has 2 aliphatic heterocycles.